The molecule has 0 radical (unpaired) electrons. The van der Waals surface area contributed by atoms with Gasteiger partial charge < -0.3 is 14.8 Å². The lowest BCUT2D eigenvalue weighted by molar-refractivity contribution is -0.122. The maximum absolute atomic E-state index is 11.8. The maximum atomic E-state index is 11.8. The molecule has 0 aliphatic heterocycles. The van der Waals surface area contributed by atoms with Crippen LogP contribution in [0.15, 0.2) is 48.5 Å². The van der Waals surface area contributed by atoms with Crippen molar-refractivity contribution in [2.45, 2.75) is 5.75 Å². The number of ether oxygens (including phenoxy) is 2. The van der Waals surface area contributed by atoms with E-state index in [-0.39, 0.29) is 12.5 Å². The Morgan fingerprint density at radius 3 is 2.72 bits per heavy atom. The van der Waals surface area contributed by atoms with Crippen LogP contribution in [0.1, 0.15) is 11.1 Å². The molecule has 0 saturated heterocycles. The van der Waals surface area contributed by atoms with Gasteiger partial charge in [-0.25, -0.2) is 0 Å². The summed E-state index contributed by atoms with van der Waals surface area (Å²) in [6, 6.07) is 17.1. The van der Waals surface area contributed by atoms with Crippen molar-refractivity contribution in [2.75, 3.05) is 26.0 Å². The summed E-state index contributed by atoms with van der Waals surface area (Å²) in [5.41, 5.74) is 1.75. The highest BCUT2D eigenvalue weighted by Crippen LogP contribution is 2.27. The van der Waals surface area contributed by atoms with Crippen molar-refractivity contribution in [1.29, 1.82) is 5.26 Å². The van der Waals surface area contributed by atoms with Gasteiger partial charge in [-0.2, -0.15) is 17.0 Å². The summed E-state index contributed by atoms with van der Waals surface area (Å²) in [5, 5.41) is 11.7. The molecule has 130 valence electrons. The number of hydrogen-bond acceptors (Lipinski definition) is 5. The largest absolute Gasteiger partial charge is 0.493 e. The van der Waals surface area contributed by atoms with E-state index < -0.39 is 0 Å². The number of hydrogen-bond donors (Lipinski definition) is 1. The molecule has 2 aromatic rings. The van der Waals surface area contributed by atoms with Crippen molar-refractivity contribution < 1.29 is 14.3 Å². The lowest BCUT2D eigenvalue weighted by atomic mass is 10.2. The molecule has 0 fully saturated rings. The molecule has 0 aromatic heterocycles. The SMILES string of the molecule is COc1cc(C#N)ccc1OCC(=O)NCCSCc1ccccc1. The molecule has 25 heavy (non-hydrogen) atoms. The van der Waals surface area contributed by atoms with E-state index in [1.807, 2.05) is 24.3 Å². The number of rotatable bonds is 9. The van der Waals surface area contributed by atoms with Crippen LogP contribution in [0.2, 0.25) is 0 Å². The quantitative estimate of drug-likeness (QED) is 0.700. The third-order valence-electron chi connectivity index (χ3n) is 3.33. The molecule has 0 bridgehead atoms. The molecule has 0 unspecified atom stereocenters. The first-order chi connectivity index (χ1) is 12.2. The topological polar surface area (TPSA) is 71.3 Å². The minimum Gasteiger partial charge on any atom is -0.493 e. The van der Waals surface area contributed by atoms with E-state index in [4.69, 9.17) is 14.7 Å². The number of benzene rings is 2. The number of carbonyl (C=O) groups excluding carboxylic acids is 1. The fourth-order valence-electron chi connectivity index (χ4n) is 2.08. The van der Waals surface area contributed by atoms with Gasteiger partial charge >= 0.3 is 0 Å². The van der Waals surface area contributed by atoms with Crippen molar-refractivity contribution in [3.8, 4) is 17.6 Å². The minimum absolute atomic E-state index is 0.0917. The highest BCUT2D eigenvalue weighted by molar-refractivity contribution is 7.98. The highest BCUT2D eigenvalue weighted by atomic mass is 32.2. The molecule has 6 heteroatoms. The predicted octanol–water partition coefficient (Wildman–Crippen LogP) is 3.00. The molecule has 0 atom stereocenters. The Morgan fingerprint density at radius 2 is 2.00 bits per heavy atom. The molecule has 1 N–H and O–H groups in total. The minimum atomic E-state index is -0.188. The van der Waals surface area contributed by atoms with Gasteiger partial charge in [-0.05, 0) is 17.7 Å². The van der Waals surface area contributed by atoms with Crippen LogP contribution >= 0.6 is 11.8 Å². The lowest BCUT2D eigenvalue weighted by Gasteiger charge is -2.11. The zero-order chi connectivity index (χ0) is 17.9. The zero-order valence-electron chi connectivity index (χ0n) is 14.0. The van der Waals surface area contributed by atoms with Crippen LogP contribution in [-0.4, -0.2) is 31.9 Å². The highest BCUT2D eigenvalue weighted by Gasteiger charge is 2.08. The lowest BCUT2D eigenvalue weighted by Crippen LogP contribution is -2.30. The van der Waals surface area contributed by atoms with Crippen LogP contribution in [0.25, 0.3) is 0 Å². The van der Waals surface area contributed by atoms with Crippen LogP contribution in [0.4, 0.5) is 0 Å². The van der Waals surface area contributed by atoms with Gasteiger partial charge in [-0.1, -0.05) is 30.3 Å². The van der Waals surface area contributed by atoms with Crippen LogP contribution in [0, 0.1) is 11.3 Å². The summed E-state index contributed by atoms with van der Waals surface area (Å²) in [5.74, 6) is 2.45. The smallest absolute Gasteiger partial charge is 0.257 e. The Kier molecular flexibility index (Phi) is 7.67. The number of methoxy groups -OCH3 is 1. The average Bonchev–Trinajstić information content (AvgIpc) is 2.66. The van der Waals surface area contributed by atoms with Gasteiger partial charge in [0.1, 0.15) is 0 Å². The first-order valence-corrected chi connectivity index (χ1v) is 8.97. The normalized spacial score (nSPS) is 9.92. The zero-order valence-corrected chi connectivity index (χ0v) is 14.8. The standard InChI is InChI=1S/C19H20N2O3S/c1-23-18-11-16(12-20)7-8-17(18)24-13-19(22)21-9-10-25-14-15-5-3-2-4-6-15/h2-8,11H,9-10,13-14H2,1H3,(H,21,22). The summed E-state index contributed by atoms with van der Waals surface area (Å²) in [6.07, 6.45) is 0. The fourth-order valence-corrected chi connectivity index (χ4v) is 2.90. The summed E-state index contributed by atoms with van der Waals surface area (Å²) in [4.78, 5) is 11.8. The summed E-state index contributed by atoms with van der Waals surface area (Å²) in [6.45, 7) is 0.496. The van der Waals surface area contributed by atoms with Crippen LogP contribution in [-0.2, 0) is 10.5 Å². The number of carbonyl (C=O) groups is 1. The molecular weight excluding hydrogens is 336 g/mol. The Balaban J connectivity index is 1.66. The van der Waals surface area contributed by atoms with Gasteiger partial charge in [0, 0.05) is 24.1 Å². The number of amides is 1. The maximum Gasteiger partial charge on any atom is 0.257 e. The van der Waals surface area contributed by atoms with E-state index in [0.717, 1.165) is 11.5 Å². The molecule has 2 aromatic carbocycles. The third-order valence-corrected chi connectivity index (χ3v) is 4.36. The number of nitriles is 1. The van der Waals surface area contributed by atoms with Crippen molar-refractivity contribution >= 4 is 17.7 Å². The number of nitrogens with zero attached hydrogens (tertiary/aromatic N) is 1. The Bertz CT molecular complexity index is 729. The molecular formula is C19H20N2O3S. The average molecular weight is 356 g/mol. The monoisotopic (exact) mass is 356 g/mol. The fraction of sp³-hybridized carbons (Fsp3) is 0.263. The van der Waals surface area contributed by atoms with E-state index >= 15 is 0 Å². The molecule has 0 saturated carbocycles. The second-order valence-corrected chi connectivity index (χ2v) is 6.26. The molecule has 0 aliphatic rings. The van der Waals surface area contributed by atoms with E-state index in [0.29, 0.717) is 23.6 Å². The molecule has 5 nitrogen and oxygen atoms in total. The first kappa shape index (κ1) is 18.7. The van der Waals surface area contributed by atoms with Gasteiger partial charge in [-0.15, -0.1) is 0 Å². The molecule has 0 aliphatic carbocycles. The number of thioether (sulfide) groups is 1. The second-order valence-electron chi connectivity index (χ2n) is 5.15. The predicted molar refractivity (Wildman–Crippen MR) is 98.8 cm³/mol. The summed E-state index contributed by atoms with van der Waals surface area (Å²) in [7, 11) is 1.49. The molecule has 1 amide bonds. The summed E-state index contributed by atoms with van der Waals surface area (Å²) >= 11 is 1.77. The van der Waals surface area contributed by atoms with Crippen molar-refractivity contribution in [2.24, 2.45) is 0 Å². The Labute approximate surface area is 151 Å². The second kappa shape index (κ2) is 10.3. The Morgan fingerprint density at radius 1 is 1.20 bits per heavy atom. The van der Waals surface area contributed by atoms with Crippen LogP contribution in [0.5, 0.6) is 11.5 Å². The van der Waals surface area contributed by atoms with Crippen molar-refractivity contribution in [1.82, 2.24) is 5.32 Å². The van der Waals surface area contributed by atoms with Crippen LogP contribution < -0.4 is 14.8 Å². The summed E-state index contributed by atoms with van der Waals surface area (Å²) < 4.78 is 10.6. The third kappa shape index (κ3) is 6.40. The van der Waals surface area contributed by atoms with Crippen LogP contribution in [0.3, 0.4) is 0 Å². The van der Waals surface area contributed by atoms with Gasteiger partial charge in [-0.3, -0.25) is 4.79 Å². The van der Waals surface area contributed by atoms with E-state index in [9.17, 15) is 4.79 Å². The van der Waals surface area contributed by atoms with E-state index in [2.05, 4.69) is 17.4 Å². The van der Waals surface area contributed by atoms with E-state index in [1.54, 1.807) is 30.0 Å². The number of nitrogens with one attached hydrogen (secondary N) is 1. The molecule has 0 heterocycles. The van der Waals surface area contributed by atoms with Gasteiger partial charge in [0.25, 0.3) is 5.91 Å². The Hall–Kier alpha value is -2.65. The molecule has 0 spiro atoms. The van der Waals surface area contributed by atoms with Crippen molar-refractivity contribution in [3.05, 3.63) is 59.7 Å². The van der Waals surface area contributed by atoms with Gasteiger partial charge in [0.05, 0.1) is 18.7 Å². The molecule has 2 rings (SSSR count). The van der Waals surface area contributed by atoms with Gasteiger partial charge in [0.15, 0.2) is 18.1 Å². The first-order valence-electron chi connectivity index (χ1n) is 7.82. The van der Waals surface area contributed by atoms with Gasteiger partial charge in [0.2, 0.25) is 0 Å². The van der Waals surface area contributed by atoms with Crippen molar-refractivity contribution in [3.63, 3.8) is 0 Å². The van der Waals surface area contributed by atoms with E-state index in [1.165, 1.54) is 12.7 Å².